The average molecular weight is 389 g/mol. The molecule has 1 aromatic carbocycles. The van der Waals surface area contributed by atoms with Gasteiger partial charge in [0.2, 0.25) is 5.91 Å². The number of piperidine rings is 1. The fourth-order valence-corrected chi connectivity index (χ4v) is 3.05. The van der Waals surface area contributed by atoms with E-state index >= 15 is 0 Å². The van der Waals surface area contributed by atoms with E-state index in [9.17, 15) is 14.4 Å². The summed E-state index contributed by atoms with van der Waals surface area (Å²) in [5.41, 5.74) is 6.46. The van der Waals surface area contributed by atoms with Crippen molar-refractivity contribution in [2.75, 3.05) is 33.8 Å². The Morgan fingerprint density at radius 3 is 2.36 bits per heavy atom. The Hall–Kier alpha value is -3.10. The summed E-state index contributed by atoms with van der Waals surface area (Å²) >= 11 is 0. The lowest BCUT2D eigenvalue weighted by Gasteiger charge is -2.33. The third-order valence-electron chi connectivity index (χ3n) is 4.63. The van der Waals surface area contributed by atoms with Crippen LogP contribution in [0, 0.1) is 5.92 Å². The number of nitrogens with zero attached hydrogens (tertiary/aromatic N) is 2. The predicted octanol–water partition coefficient (Wildman–Crippen LogP) is -0.138. The van der Waals surface area contributed by atoms with Crippen molar-refractivity contribution < 1.29 is 19.1 Å². The maximum Gasteiger partial charge on any atom is 0.308 e. The lowest BCUT2D eigenvalue weighted by Crippen LogP contribution is -2.46. The van der Waals surface area contributed by atoms with E-state index < -0.39 is 5.91 Å². The van der Waals surface area contributed by atoms with E-state index in [1.165, 1.54) is 7.11 Å². The molecule has 1 heterocycles. The zero-order chi connectivity index (χ0) is 20.5. The molecule has 2 amide bonds. The van der Waals surface area contributed by atoms with Crippen LogP contribution in [0.15, 0.2) is 29.3 Å². The van der Waals surface area contributed by atoms with E-state index in [1.807, 2.05) is 12.1 Å². The highest BCUT2D eigenvalue weighted by atomic mass is 16.5. The molecule has 0 atom stereocenters. The van der Waals surface area contributed by atoms with Crippen molar-refractivity contribution in [3.8, 4) is 0 Å². The third-order valence-corrected chi connectivity index (χ3v) is 4.63. The van der Waals surface area contributed by atoms with E-state index in [4.69, 9.17) is 10.5 Å². The van der Waals surface area contributed by atoms with Crippen molar-refractivity contribution in [1.82, 2.24) is 15.5 Å². The van der Waals surface area contributed by atoms with Crippen molar-refractivity contribution in [2.24, 2.45) is 16.6 Å². The first-order valence-corrected chi connectivity index (χ1v) is 9.13. The molecule has 1 aromatic rings. The van der Waals surface area contributed by atoms with Crippen LogP contribution < -0.4 is 16.4 Å². The molecule has 1 fully saturated rings. The van der Waals surface area contributed by atoms with Gasteiger partial charge in [-0.05, 0) is 30.5 Å². The Bertz CT molecular complexity index is 724. The second-order valence-electron chi connectivity index (χ2n) is 6.53. The quantitative estimate of drug-likeness (QED) is 0.353. The molecule has 1 saturated heterocycles. The number of hydrogen-bond acceptors (Lipinski definition) is 5. The maximum atomic E-state index is 11.9. The molecule has 0 radical (unpaired) electrons. The van der Waals surface area contributed by atoms with Crippen LogP contribution in [0.25, 0.3) is 0 Å². The van der Waals surface area contributed by atoms with Crippen molar-refractivity contribution in [3.05, 3.63) is 35.4 Å². The number of methoxy groups -OCH3 is 1. The van der Waals surface area contributed by atoms with Crippen molar-refractivity contribution >= 4 is 23.7 Å². The van der Waals surface area contributed by atoms with Gasteiger partial charge >= 0.3 is 5.97 Å². The molecular weight excluding hydrogens is 362 g/mol. The second-order valence-corrected chi connectivity index (χ2v) is 6.53. The third kappa shape index (κ3) is 5.97. The Balaban J connectivity index is 1.84. The summed E-state index contributed by atoms with van der Waals surface area (Å²) in [5, 5.41) is 5.75. The summed E-state index contributed by atoms with van der Waals surface area (Å²) in [6.45, 7) is 1.83. The molecule has 1 aliphatic heterocycles. The topological polar surface area (TPSA) is 126 Å². The number of esters is 1. The minimum atomic E-state index is -0.587. The van der Waals surface area contributed by atoms with Gasteiger partial charge < -0.3 is 26.0 Å². The van der Waals surface area contributed by atoms with Crippen molar-refractivity contribution in [2.45, 2.75) is 19.4 Å². The van der Waals surface area contributed by atoms with Gasteiger partial charge in [-0.25, -0.2) is 0 Å². The number of likely N-dealkylation sites (tertiary alicyclic amines) is 1. The van der Waals surface area contributed by atoms with Crippen LogP contribution in [0.2, 0.25) is 0 Å². The van der Waals surface area contributed by atoms with Gasteiger partial charge in [-0.2, -0.15) is 0 Å². The number of nitrogens with one attached hydrogen (secondary N) is 2. The first kappa shape index (κ1) is 21.2. The molecule has 0 aliphatic carbocycles. The number of amides is 2. The highest BCUT2D eigenvalue weighted by molar-refractivity contribution is 5.96. The fourth-order valence-electron chi connectivity index (χ4n) is 3.05. The maximum absolute atomic E-state index is 11.9. The number of carbonyl (C=O) groups is 3. The average Bonchev–Trinajstić information content (AvgIpc) is 2.72. The van der Waals surface area contributed by atoms with Crippen LogP contribution in [-0.4, -0.2) is 62.4 Å². The normalized spacial score (nSPS) is 15.1. The molecule has 0 bridgehead atoms. The van der Waals surface area contributed by atoms with Crippen LogP contribution in [0.4, 0.5) is 0 Å². The lowest BCUT2D eigenvalue weighted by atomic mass is 9.97. The van der Waals surface area contributed by atoms with E-state index in [1.54, 1.807) is 19.2 Å². The molecule has 0 spiro atoms. The predicted molar refractivity (Wildman–Crippen MR) is 104 cm³/mol. The van der Waals surface area contributed by atoms with Gasteiger partial charge in [0, 0.05) is 32.2 Å². The molecule has 9 heteroatoms. The zero-order valence-corrected chi connectivity index (χ0v) is 16.2. The van der Waals surface area contributed by atoms with Gasteiger partial charge in [0.05, 0.1) is 19.6 Å². The Morgan fingerprint density at radius 2 is 1.82 bits per heavy atom. The monoisotopic (exact) mass is 389 g/mol. The summed E-state index contributed by atoms with van der Waals surface area (Å²) in [5.74, 6) is -0.361. The Morgan fingerprint density at radius 1 is 1.18 bits per heavy atom. The van der Waals surface area contributed by atoms with Crippen molar-refractivity contribution in [3.63, 3.8) is 0 Å². The lowest BCUT2D eigenvalue weighted by molar-refractivity contribution is -0.146. The number of guanidine groups is 1. The number of ether oxygens (including phenoxy) is 1. The van der Waals surface area contributed by atoms with Gasteiger partial charge in [-0.15, -0.1) is 0 Å². The summed E-state index contributed by atoms with van der Waals surface area (Å²) < 4.78 is 4.82. The minimum absolute atomic E-state index is 0.0485. The zero-order valence-electron chi connectivity index (χ0n) is 16.2. The molecular formula is C19H27N5O4. The first-order chi connectivity index (χ1) is 13.4. The molecule has 0 saturated carbocycles. The minimum Gasteiger partial charge on any atom is -0.469 e. The smallest absolute Gasteiger partial charge is 0.308 e. The molecule has 2 rings (SSSR count). The Labute approximate surface area is 164 Å². The SMILES string of the molecule is CN=C(NCc1ccc(C(=O)NCC(N)=O)cc1)N1CCC(C(=O)OC)CC1. The molecule has 0 aromatic heterocycles. The van der Waals surface area contributed by atoms with E-state index in [2.05, 4.69) is 20.5 Å². The fraction of sp³-hybridized carbons (Fsp3) is 0.474. The van der Waals surface area contributed by atoms with E-state index in [0.717, 1.165) is 37.5 Å². The first-order valence-electron chi connectivity index (χ1n) is 9.13. The number of nitrogens with two attached hydrogens (primary N) is 1. The van der Waals surface area contributed by atoms with Gasteiger partial charge in [-0.1, -0.05) is 12.1 Å². The highest BCUT2D eigenvalue weighted by Crippen LogP contribution is 2.18. The number of hydrogen-bond donors (Lipinski definition) is 3. The van der Waals surface area contributed by atoms with E-state index in [0.29, 0.717) is 12.1 Å². The van der Waals surface area contributed by atoms with Crippen LogP contribution >= 0.6 is 0 Å². The Kier molecular flexibility index (Phi) is 7.79. The number of carbonyl (C=O) groups excluding carboxylic acids is 3. The summed E-state index contributed by atoms with van der Waals surface area (Å²) in [4.78, 5) is 40.7. The van der Waals surface area contributed by atoms with Crippen LogP contribution in [0.1, 0.15) is 28.8 Å². The number of benzene rings is 1. The van der Waals surface area contributed by atoms with Crippen LogP contribution in [0.3, 0.4) is 0 Å². The van der Waals surface area contributed by atoms with Crippen LogP contribution in [-0.2, 0) is 20.9 Å². The van der Waals surface area contributed by atoms with Gasteiger partial charge in [-0.3, -0.25) is 19.4 Å². The standard InChI is InChI=1S/C19H27N5O4/c1-21-19(24-9-7-15(8-10-24)18(27)28-2)23-11-13-3-5-14(6-4-13)17(26)22-12-16(20)25/h3-6,15H,7-12H2,1-2H3,(H2,20,25)(H,21,23)(H,22,26). The number of rotatable bonds is 6. The second kappa shape index (κ2) is 10.3. The molecule has 28 heavy (non-hydrogen) atoms. The van der Waals surface area contributed by atoms with E-state index in [-0.39, 0.29) is 24.3 Å². The highest BCUT2D eigenvalue weighted by Gasteiger charge is 2.26. The summed E-state index contributed by atoms with van der Waals surface area (Å²) in [6.07, 6.45) is 1.48. The molecule has 1 aliphatic rings. The van der Waals surface area contributed by atoms with Gasteiger partial charge in [0.1, 0.15) is 0 Å². The largest absolute Gasteiger partial charge is 0.469 e. The molecule has 4 N–H and O–H groups in total. The summed E-state index contributed by atoms with van der Waals surface area (Å²) in [6, 6.07) is 7.06. The van der Waals surface area contributed by atoms with Crippen molar-refractivity contribution in [1.29, 1.82) is 0 Å². The molecule has 0 unspecified atom stereocenters. The summed E-state index contributed by atoms with van der Waals surface area (Å²) in [7, 11) is 3.14. The number of aliphatic imine (C=N–C) groups is 1. The van der Waals surface area contributed by atoms with Gasteiger partial charge in [0.25, 0.3) is 5.91 Å². The number of primary amides is 1. The van der Waals surface area contributed by atoms with Crippen LogP contribution in [0.5, 0.6) is 0 Å². The van der Waals surface area contributed by atoms with Gasteiger partial charge in [0.15, 0.2) is 5.96 Å². The molecule has 9 nitrogen and oxygen atoms in total. The molecule has 152 valence electrons.